The number of amides is 1. The number of hydrogen-bond donors (Lipinski definition) is 1. The fraction of sp³-hybridized carbons (Fsp3) is 0.381. The van der Waals surface area contributed by atoms with Crippen LogP contribution in [0.3, 0.4) is 0 Å². The summed E-state index contributed by atoms with van der Waals surface area (Å²) in [6.45, 7) is 8.28. The van der Waals surface area contributed by atoms with E-state index in [0.717, 1.165) is 22.4 Å². The molecule has 0 aliphatic rings. The van der Waals surface area contributed by atoms with Gasteiger partial charge < -0.3 is 14.8 Å². The molecule has 1 N–H and O–H groups in total. The first kappa shape index (κ1) is 18.8. The van der Waals surface area contributed by atoms with Crippen molar-refractivity contribution in [3.63, 3.8) is 0 Å². The van der Waals surface area contributed by atoms with Crippen LogP contribution >= 0.6 is 0 Å². The Balaban J connectivity index is 2.05. The Hall–Kier alpha value is -2.49. The molecule has 0 bridgehead atoms. The highest BCUT2D eigenvalue weighted by Crippen LogP contribution is 2.32. The average Bonchev–Trinajstić information content (AvgIpc) is 2.60. The van der Waals surface area contributed by atoms with Crippen LogP contribution < -0.4 is 14.8 Å². The van der Waals surface area contributed by atoms with Gasteiger partial charge in [-0.25, -0.2) is 0 Å². The third-order valence-corrected chi connectivity index (χ3v) is 4.20. The number of hydrogen-bond acceptors (Lipinski definition) is 3. The van der Waals surface area contributed by atoms with Gasteiger partial charge in [0.05, 0.1) is 13.2 Å². The van der Waals surface area contributed by atoms with E-state index in [1.165, 1.54) is 0 Å². The van der Waals surface area contributed by atoms with Crippen molar-refractivity contribution in [2.45, 2.75) is 39.7 Å². The van der Waals surface area contributed by atoms with E-state index in [4.69, 9.17) is 9.47 Å². The van der Waals surface area contributed by atoms with E-state index < -0.39 is 0 Å². The topological polar surface area (TPSA) is 47.6 Å². The highest BCUT2D eigenvalue weighted by Gasteiger charge is 2.17. The molecule has 2 aromatic carbocycles. The summed E-state index contributed by atoms with van der Waals surface area (Å²) in [5.74, 6) is 1.78. The summed E-state index contributed by atoms with van der Waals surface area (Å²) in [5.41, 5.74) is 3.33. The largest absolute Gasteiger partial charge is 0.496 e. The van der Waals surface area contributed by atoms with Gasteiger partial charge in [0.15, 0.2) is 6.61 Å². The van der Waals surface area contributed by atoms with Crippen LogP contribution in [0, 0.1) is 6.92 Å². The molecule has 25 heavy (non-hydrogen) atoms. The Kier molecular flexibility index (Phi) is 6.45. The number of carbonyl (C=O) groups excluding carboxylic acids is 1. The van der Waals surface area contributed by atoms with Crippen LogP contribution in [0.5, 0.6) is 11.5 Å². The minimum atomic E-state index is -0.141. The lowest BCUT2D eigenvalue weighted by molar-refractivity contribution is -0.123. The maximum absolute atomic E-state index is 12.2. The minimum Gasteiger partial charge on any atom is -0.496 e. The van der Waals surface area contributed by atoms with Crippen LogP contribution in [0.4, 0.5) is 0 Å². The van der Waals surface area contributed by atoms with Crippen molar-refractivity contribution in [1.29, 1.82) is 0 Å². The first-order valence-electron chi connectivity index (χ1n) is 8.58. The summed E-state index contributed by atoms with van der Waals surface area (Å²) in [5, 5.41) is 3.01. The van der Waals surface area contributed by atoms with Crippen molar-refractivity contribution in [2.24, 2.45) is 0 Å². The van der Waals surface area contributed by atoms with Gasteiger partial charge in [-0.3, -0.25) is 4.79 Å². The molecule has 1 atom stereocenters. The molecule has 0 saturated heterocycles. The van der Waals surface area contributed by atoms with Crippen LogP contribution in [0.1, 0.15) is 49.4 Å². The maximum atomic E-state index is 12.2. The predicted molar refractivity (Wildman–Crippen MR) is 100 cm³/mol. The van der Waals surface area contributed by atoms with Gasteiger partial charge >= 0.3 is 0 Å². The van der Waals surface area contributed by atoms with E-state index in [9.17, 15) is 4.79 Å². The van der Waals surface area contributed by atoms with E-state index in [0.29, 0.717) is 11.7 Å². The molecule has 0 saturated carbocycles. The third-order valence-electron chi connectivity index (χ3n) is 4.20. The lowest BCUT2D eigenvalue weighted by Crippen LogP contribution is -2.31. The number of aryl methyl sites for hydroxylation is 1. The standard InChI is InChI=1S/C21H27NO3/c1-14(2)18-12-19(15(3)11-20(18)24-5)16(4)22-21(23)13-25-17-9-7-6-8-10-17/h6-12,14,16H,13H2,1-5H3,(H,22,23)/t16-/m0/s1. The van der Waals surface area contributed by atoms with Gasteiger partial charge in [0.25, 0.3) is 5.91 Å². The van der Waals surface area contributed by atoms with Crippen LogP contribution in [0.15, 0.2) is 42.5 Å². The summed E-state index contributed by atoms with van der Waals surface area (Å²) < 4.78 is 11.0. The van der Waals surface area contributed by atoms with Gasteiger partial charge in [-0.15, -0.1) is 0 Å². The number of carbonyl (C=O) groups is 1. The molecule has 2 rings (SSSR count). The highest BCUT2D eigenvalue weighted by molar-refractivity contribution is 5.78. The van der Waals surface area contributed by atoms with Crippen LogP contribution in [0.25, 0.3) is 0 Å². The van der Waals surface area contributed by atoms with Gasteiger partial charge in [-0.05, 0) is 60.7 Å². The lowest BCUT2D eigenvalue weighted by Gasteiger charge is -2.21. The molecule has 0 aliphatic heterocycles. The predicted octanol–water partition coefficient (Wildman–Crippen LogP) is 4.38. The molecule has 1 amide bonds. The van der Waals surface area contributed by atoms with Gasteiger partial charge in [0.2, 0.25) is 0 Å². The molecular weight excluding hydrogens is 314 g/mol. The zero-order chi connectivity index (χ0) is 18.4. The van der Waals surface area contributed by atoms with E-state index >= 15 is 0 Å². The fourth-order valence-electron chi connectivity index (χ4n) is 2.84. The number of para-hydroxylation sites is 1. The Morgan fingerprint density at radius 1 is 1.08 bits per heavy atom. The molecule has 0 fully saturated rings. The van der Waals surface area contributed by atoms with E-state index in [-0.39, 0.29) is 18.6 Å². The molecule has 0 aromatic heterocycles. The molecule has 0 aliphatic carbocycles. The number of benzene rings is 2. The number of ether oxygens (including phenoxy) is 2. The first-order chi connectivity index (χ1) is 11.9. The van der Waals surface area contributed by atoms with Gasteiger partial charge in [0.1, 0.15) is 11.5 Å². The molecule has 4 heteroatoms. The van der Waals surface area contributed by atoms with E-state index in [2.05, 4.69) is 25.2 Å². The zero-order valence-corrected chi connectivity index (χ0v) is 15.6. The number of nitrogens with one attached hydrogen (secondary N) is 1. The Morgan fingerprint density at radius 2 is 1.76 bits per heavy atom. The van der Waals surface area contributed by atoms with Crippen LogP contribution in [-0.4, -0.2) is 19.6 Å². The summed E-state index contributed by atoms with van der Waals surface area (Å²) in [4.78, 5) is 12.2. The summed E-state index contributed by atoms with van der Waals surface area (Å²) in [6, 6.07) is 13.4. The SMILES string of the molecule is COc1cc(C)c([C@H](C)NC(=O)COc2ccccc2)cc1C(C)C. The van der Waals surface area contributed by atoms with Crippen molar-refractivity contribution in [1.82, 2.24) is 5.32 Å². The summed E-state index contributed by atoms with van der Waals surface area (Å²) in [6.07, 6.45) is 0. The quantitative estimate of drug-likeness (QED) is 0.813. The fourth-order valence-corrected chi connectivity index (χ4v) is 2.84. The second kappa shape index (κ2) is 8.56. The van der Waals surface area contributed by atoms with Crippen molar-refractivity contribution < 1.29 is 14.3 Å². The van der Waals surface area contributed by atoms with Gasteiger partial charge in [0, 0.05) is 0 Å². The average molecular weight is 341 g/mol. The number of methoxy groups -OCH3 is 1. The molecule has 0 spiro atoms. The maximum Gasteiger partial charge on any atom is 0.258 e. The number of rotatable bonds is 7. The molecule has 4 nitrogen and oxygen atoms in total. The molecule has 0 heterocycles. The molecule has 0 radical (unpaired) electrons. The second-order valence-electron chi connectivity index (χ2n) is 6.50. The molecule has 134 valence electrons. The smallest absolute Gasteiger partial charge is 0.258 e. The lowest BCUT2D eigenvalue weighted by atomic mass is 9.93. The summed E-state index contributed by atoms with van der Waals surface area (Å²) >= 11 is 0. The Labute approximate surface area is 150 Å². The highest BCUT2D eigenvalue weighted by atomic mass is 16.5. The van der Waals surface area contributed by atoms with Crippen molar-refractivity contribution >= 4 is 5.91 Å². The second-order valence-corrected chi connectivity index (χ2v) is 6.50. The summed E-state index contributed by atoms with van der Waals surface area (Å²) in [7, 11) is 1.69. The normalized spacial score (nSPS) is 11.9. The minimum absolute atomic E-state index is 0.000589. The first-order valence-corrected chi connectivity index (χ1v) is 8.58. The molecular formula is C21H27NO3. The zero-order valence-electron chi connectivity index (χ0n) is 15.6. The van der Waals surface area contributed by atoms with E-state index in [1.54, 1.807) is 7.11 Å². The van der Waals surface area contributed by atoms with Gasteiger partial charge in [-0.2, -0.15) is 0 Å². The Bertz CT molecular complexity index is 711. The molecule has 0 unspecified atom stereocenters. The Morgan fingerprint density at radius 3 is 2.36 bits per heavy atom. The third kappa shape index (κ3) is 4.99. The van der Waals surface area contributed by atoms with Crippen LogP contribution in [-0.2, 0) is 4.79 Å². The molecule has 2 aromatic rings. The van der Waals surface area contributed by atoms with Crippen molar-refractivity contribution in [2.75, 3.05) is 13.7 Å². The van der Waals surface area contributed by atoms with Crippen molar-refractivity contribution in [3.8, 4) is 11.5 Å². The van der Waals surface area contributed by atoms with Gasteiger partial charge in [-0.1, -0.05) is 32.0 Å². The van der Waals surface area contributed by atoms with E-state index in [1.807, 2.05) is 50.2 Å². The van der Waals surface area contributed by atoms with Crippen molar-refractivity contribution in [3.05, 3.63) is 59.2 Å². The van der Waals surface area contributed by atoms with Crippen LogP contribution in [0.2, 0.25) is 0 Å². The monoisotopic (exact) mass is 341 g/mol.